The number of piperidine rings is 1. The van der Waals surface area contributed by atoms with E-state index in [4.69, 9.17) is 4.74 Å². The molecule has 7 heteroatoms. The van der Waals surface area contributed by atoms with Crippen LogP contribution in [-0.2, 0) is 20.9 Å². The number of fused-ring (bicyclic) bond motifs is 2. The second kappa shape index (κ2) is 6.98. The van der Waals surface area contributed by atoms with Gasteiger partial charge in [0.25, 0.3) is 5.92 Å². The number of methoxy groups -OCH3 is 1. The molecular formula is C18H21F2NO4. The van der Waals surface area contributed by atoms with Crippen molar-refractivity contribution in [1.82, 2.24) is 4.90 Å². The van der Waals surface area contributed by atoms with Crippen molar-refractivity contribution < 1.29 is 27.8 Å². The number of esters is 1. The van der Waals surface area contributed by atoms with Gasteiger partial charge in [-0.25, -0.2) is 13.6 Å². The first-order chi connectivity index (χ1) is 11.9. The van der Waals surface area contributed by atoms with Crippen LogP contribution in [0.15, 0.2) is 30.3 Å². The van der Waals surface area contributed by atoms with E-state index in [1.807, 2.05) is 18.2 Å². The number of hydrogen-bond acceptors (Lipinski definition) is 4. The molecule has 0 N–H and O–H groups in total. The minimum atomic E-state index is -2.96. The highest BCUT2D eigenvalue weighted by Gasteiger charge is 2.59. The molecule has 25 heavy (non-hydrogen) atoms. The van der Waals surface area contributed by atoms with E-state index in [1.165, 1.54) is 12.0 Å². The van der Waals surface area contributed by atoms with Crippen LogP contribution in [0.3, 0.4) is 0 Å². The van der Waals surface area contributed by atoms with E-state index in [0.717, 1.165) is 5.56 Å². The zero-order valence-electron chi connectivity index (χ0n) is 14.0. The van der Waals surface area contributed by atoms with Crippen molar-refractivity contribution in [2.75, 3.05) is 7.11 Å². The summed E-state index contributed by atoms with van der Waals surface area (Å²) in [6.07, 6.45) is -0.546. The number of nitrogens with zero attached hydrogens (tertiary/aromatic N) is 1. The fourth-order valence-corrected chi connectivity index (χ4v) is 3.84. The first-order valence-electron chi connectivity index (χ1n) is 8.34. The summed E-state index contributed by atoms with van der Waals surface area (Å²) < 4.78 is 38.5. The molecular weight excluding hydrogens is 332 g/mol. The highest BCUT2D eigenvalue weighted by atomic mass is 19.3. The van der Waals surface area contributed by atoms with Crippen molar-refractivity contribution >= 4 is 12.1 Å². The van der Waals surface area contributed by atoms with Crippen molar-refractivity contribution in [3.05, 3.63) is 35.9 Å². The van der Waals surface area contributed by atoms with E-state index in [9.17, 15) is 18.4 Å². The topological polar surface area (TPSA) is 55.8 Å². The normalized spacial score (nSPS) is 27.0. The molecule has 2 aliphatic rings. The molecule has 3 rings (SSSR count). The fourth-order valence-electron chi connectivity index (χ4n) is 3.84. The van der Waals surface area contributed by atoms with E-state index in [0.29, 0.717) is 6.42 Å². The Balaban J connectivity index is 1.66. The summed E-state index contributed by atoms with van der Waals surface area (Å²) in [6, 6.07) is 7.27. The summed E-state index contributed by atoms with van der Waals surface area (Å²) in [5, 5.41) is 0. The zero-order chi connectivity index (χ0) is 18.0. The predicted molar refractivity (Wildman–Crippen MR) is 85.0 cm³/mol. The van der Waals surface area contributed by atoms with Gasteiger partial charge in [0.2, 0.25) is 0 Å². The molecule has 2 bridgehead atoms. The highest BCUT2D eigenvalue weighted by Crippen LogP contribution is 2.48. The van der Waals surface area contributed by atoms with E-state index >= 15 is 0 Å². The molecule has 0 radical (unpaired) electrons. The lowest BCUT2D eigenvalue weighted by Crippen LogP contribution is -2.50. The molecule has 0 aromatic heterocycles. The predicted octanol–water partition coefficient (Wildman–Crippen LogP) is 3.37. The molecule has 0 saturated carbocycles. The SMILES string of the molecule is COC(=O)C[C@H]1C[C@H]2CC(F)(F)[C@@H](C1)N2C(=O)OCc1ccccc1. The average molecular weight is 353 g/mol. The quantitative estimate of drug-likeness (QED) is 0.779. The second-order valence-corrected chi connectivity index (χ2v) is 6.70. The molecule has 5 nitrogen and oxygen atoms in total. The van der Waals surface area contributed by atoms with E-state index < -0.39 is 30.1 Å². The van der Waals surface area contributed by atoms with Crippen LogP contribution in [0.1, 0.15) is 31.2 Å². The number of ether oxygens (including phenoxy) is 2. The maximum Gasteiger partial charge on any atom is 0.410 e. The average Bonchev–Trinajstić information content (AvgIpc) is 2.75. The van der Waals surface area contributed by atoms with Crippen molar-refractivity contribution in [2.24, 2.45) is 5.92 Å². The Kier molecular flexibility index (Phi) is 4.92. The van der Waals surface area contributed by atoms with Gasteiger partial charge < -0.3 is 9.47 Å². The maximum absolute atomic E-state index is 14.3. The fraction of sp³-hybridized carbons (Fsp3) is 0.556. The van der Waals surface area contributed by atoms with Crippen LogP contribution in [0.5, 0.6) is 0 Å². The van der Waals surface area contributed by atoms with Crippen LogP contribution in [0.4, 0.5) is 13.6 Å². The molecule has 136 valence electrons. The molecule has 2 saturated heterocycles. The third kappa shape index (κ3) is 3.75. The Morgan fingerprint density at radius 2 is 1.96 bits per heavy atom. The molecule has 2 aliphatic heterocycles. The minimum absolute atomic E-state index is 0.0484. The van der Waals surface area contributed by atoms with Crippen LogP contribution >= 0.6 is 0 Å². The van der Waals surface area contributed by atoms with Gasteiger partial charge in [-0.15, -0.1) is 0 Å². The standard InChI is InChI=1S/C18H21F2NO4/c1-24-16(22)9-13-7-14-10-18(19,20)15(8-13)21(14)17(23)25-11-12-5-3-2-4-6-12/h2-6,13-15H,7-11H2,1H3/t13-,14-,15+/m0/s1. The Bertz CT molecular complexity index is 637. The molecule has 0 spiro atoms. The van der Waals surface area contributed by atoms with Crippen LogP contribution in [0.25, 0.3) is 0 Å². The molecule has 3 atom stereocenters. The van der Waals surface area contributed by atoms with Gasteiger partial charge in [-0.3, -0.25) is 9.69 Å². The number of rotatable bonds is 4. The zero-order valence-corrected chi connectivity index (χ0v) is 14.0. The van der Waals surface area contributed by atoms with E-state index in [-0.39, 0.29) is 31.8 Å². The summed E-state index contributed by atoms with van der Waals surface area (Å²) in [6.45, 7) is 0.0484. The van der Waals surface area contributed by atoms with Crippen LogP contribution in [-0.4, -0.2) is 42.1 Å². The molecule has 2 fully saturated rings. The van der Waals surface area contributed by atoms with E-state index in [1.54, 1.807) is 12.1 Å². The number of alkyl halides is 2. The van der Waals surface area contributed by atoms with Crippen molar-refractivity contribution in [2.45, 2.75) is 50.3 Å². The first kappa shape index (κ1) is 17.6. The van der Waals surface area contributed by atoms with Gasteiger partial charge in [-0.05, 0) is 24.3 Å². The van der Waals surface area contributed by atoms with Gasteiger partial charge in [0.15, 0.2) is 0 Å². The Morgan fingerprint density at radius 1 is 1.24 bits per heavy atom. The number of amides is 1. The Labute approximate surface area is 144 Å². The summed E-state index contributed by atoms with van der Waals surface area (Å²) in [5.74, 6) is -3.57. The smallest absolute Gasteiger partial charge is 0.410 e. The third-order valence-electron chi connectivity index (χ3n) is 4.99. The minimum Gasteiger partial charge on any atom is -0.469 e. The Hall–Kier alpha value is -2.18. The number of carbonyl (C=O) groups excluding carboxylic acids is 2. The van der Waals surface area contributed by atoms with Crippen molar-refractivity contribution in [3.8, 4) is 0 Å². The van der Waals surface area contributed by atoms with Crippen LogP contribution in [0, 0.1) is 5.92 Å². The summed E-state index contributed by atoms with van der Waals surface area (Å²) in [4.78, 5) is 25.0. The van der Waals surface area contributed by atoms with Gasteiger partial charge in [0.1, 0.15) is 6.61 Å². The summed E-state index contributed by atoms with van der Waals surface area (Å²) in [5.41, 5.74) is 0.801. The molecule has 1 aromatic carbocycles. The van der Waals surface area contributed by atoms with Gasteiger partial charge >= 0.3 is 12.1 Å². The molecule has 2 heterocycles. The largest absolute Gasteiger partial charge is 0.469 e. The lowest BCUT2D eigenvalue weighted by molar-refractivity contribution is -0.142. The monoisotopic (exact) mass is 353 g/mol. The number of hydrogen-bond donors (Lipinski definition) is 0. The number of halogens is 2. The van der Waals surface area contributed by atoms with Gasteiger partial charge in [0, 0.05) is 18.9 Å². The second-order valence-electron chi connectivity index (χ2n) is 6.70. The molecule has 0 unspecified atom stereocenters. The lowest BCUT2D eigenvalue weighted by atomic mass is 9.88. The van der Waals surface area contributed by atoms with Crippen LogP contribution in [0.2, 0.25) is 0 Å². The Morgan fingerprint density at radius 3 is 2.60 bits per heavy atom. The summed E-state index contributed by atoms with van der Waals surface area (Å²) in [7, 11) is 1.28. The summed E-state index contributed by atoms with van der Waals surface area (Å²) >= 11 is 0. The molecule has 0 aliphatic carbocycles. The van der Waals surface area contributed by atoms with E-state index in [2.05, 4.69) is 4.74 Å². The van der Waals surface area contributed by atoms with Gasteiger partial charge in [-0.2, -0.15) is 0 Å². The van der Waals surface area contributed by atoms with Crippen LogP contribution < -0.4 is 0 Å². The molecule has 1 amide bonds. The number of benzene rings is 1. The lowest BCUT2D eigenvalue weighted by Gasteiger charge is -2.37. The number of carbonyl (C=O) groups is 2. The maximum atomic E-state index is 14.3. The molecule has 1 aromatic rings. The highest BCUT2D eigenvalue weighted by molar-refractivity contribution is 5.71. The van der Waals surface area contributed by atoms with Gasteiger partial charge in [-0.1, -0.05) is 30.3 Å². The van der Waals surface area contributed by atoms with Gasteiger partial charge in [0.05, 0.1) is 13.2 Å². The van der Waals surface area contributed by atoms with Crippen molar-refractivity contribution in [1.29, 1.82) is 0 Å². The first-order valence-corrected chi connectivity index (χ1v) is 8.34. The third-order valence-corrected chi connectivity index (χ3v) is 4.99. The van der Waals surface area contributed by atoms with Crippen molar-refractivity contribution in [3.63, 3.8) is 0 Å².